The molecule has 3 rings (SSSR count). The molecule has 1 aromatic carbocycles. The Balaban J connectivity index is 1.96. The van der Waals surface area contributed by atoms with Crippen molar-refractivity contribution in [3.8, 4) is 0 Å². The van der Waals surface area contributed by atoms with E-state index in [0.717, 1.165) is 11.6 Å². The fourth-order valence-electron chi connectivity index (χ4n) is 6.24. The number of carbonyl (C=O) groups excluding carboxylic acids is 1. The van der Waals surface area contributed by atoms with Crippen LogP contribution < -0.4 is 0 Å². The second-order valence-corrected chi connectivity index (χ2v) is 12.8. The first-order valence-corrected chi connectivity index (χ1v) is 15.3. The third kappa shape index (κ3) is 7.27. The van der Waals surface area contributed by atoms with Crippen LogP contribution in [0.3, 0.4) is 0 Å². The van der Waals surface area contributed by atoms with Gasteiger partial charge in [0.2, 0.25) is 23.1 Å². The van der Waals surface area contributed by atoms with Crippen LogP contribution in [-0.4, -0.2) is 107 Å². The SMILES string of the molecule is C=C(CCC12OC(C(=O)O)C(O)(C(=O)O)C(C(=O)O)(O1)C(OC(=O)C=CC(C)CC(C)(O)CC)C2O)C(O)C(C)Cc1ccccc1. The number of aliphatic hydroxyl groups excluding tert-OH is 2. The number of fused-ring (bicyclic) bond motifs is 2. The molecule has 2 aliphatic rings. The zero-order chi connectivity index (χ0) is 35.5. The molecule has 2 fully saturated rings. The molecule has 260 valence electrons. The average molecular weight is 665 g/mol. The van der Waals surface area contributed by atoms with Crippen LogP contribution in [-0.2, 0) is 39.8 Å². The number of aliphatic hydroxyl groups is 4. The van der Waals surface area contributed by atoms with Gasteiger partial charge < -0.3 is 50.0 Å². The number of carboxylic acid groups (broad SMARTS) is 3. The number of carbonyl (C=O) groups is 4. The van der Waals surface area contributed by atoms with Gasteiger partial charge in [-0.3, -0.25) is 0 Å². The molecule has 2 bridgehead atoms. The molecule has 0 aliphatic carbocycles. The van der Waals surface area contributed by atoms with Gasteiger partial charge in [-0.25, -0.2) is 19.2 Å². The van der Waals surface area contributed by atoms with Gasteiger partial charge in [-0.1, -0.05) is 63.8 Å². The van der Waals surface area contributed by atoms with Gasteiger partial charge >= 0.3 is 23.9 Å². The minimum atomic E-state index is -3.91. The first kappa shape index (κ1) is 37.8. The Morgan fingerprint density at radius 2 is 1.72 bits per heavy atom. The van der Waals surface area contributed by atoms with Crippen LogP contribution in [0.15, 0.2) is 54.6 Å². The molecule has 14 nitrogen and oxygen atoms in total. The summed E-state index contributed by atoms with van der Waals surface area (Å²) in [6, 6.07) is 9.26. The molecular formula is C33H44O14. The highest BCUT2D eigenvalue weighted by Gasteiger charge is 2.85. The van der Waals surface area contributed by atoms with Gasteiger partial charge in [0.25, 0.3) is 0 Å². The molecule has 2 aliphatic heterocycles. The largest absolute Gasteiger partial charge is 0.479 e. The summed E-state index contributed by atoms with van der Waals surface area (Å²) >= 11 is 0. The lowest BCUT2D eigenvalue weighted by molar-refractivity contribution is -0.374. The van der Waals surface area contributed by atoms with Crippen molar-refractivity contribution in [1.82, 2.24) is 0 Å². The lowest BCUT2D eigenvalue weighted by atomic mass is 9.74. The highest BCUT2D eigenvalue weighted by Crippen LogP contribution is 2.55. The Bertz CT molecular complexity index is 1370. The maximum absolute atomic E-state index is 13.0. The zero-order valence-corrected chi connectivity index (χ0v) is 26.7. The third-order valence-electron chi connectivity index (χ3n) is 9.08. The van der Waals surface area contributed by atoms with E-state index in [1.165, 1.54) is 6.08 Å². The van der Waals surface area contributed by atoms with E-state index in [2.05, 4.69) is 6.58 Å². The van der Waals surface area contributed by atoms with E-state index in [4.69, 9.17) is 14.2 Å². The maximum atomic E-state index is 13.0. The van der Waals surface area contributed by atoms with Crippen molar-refractivity contribution in [3.05, 3.63) is 60.2 Å². The van der Waals surface area contributed by atoms with Gasteiger partial charge in [-0.15, -0.1) is 0 Å². The molecule has 0 radical (unpaired) electrons. The van der Waals surface area contributed by atoms with E-state index in [9.17, 15) is 54.9 Å². The van der Waals surface area contributed by atoms with Crippen LogP contribution in [0.25, 0.3) is 0 Å². The lowest BCUT2D eigenvalue weighted by Gasteiger charge is -2.48. The summed E-state index contributed by atoms with van der Waals surface area (Å²) in [5, 5.41) is 74.4. The minimum Gasteiger partial charge on any atom is -0.479 e. The Morgan fingerprint density at radius 3 is 2.26 bits per heavy atom. The van der Waals surface area contributed by atoms with E-state index in [1.807, 2.05) is 30.3 Å². The van der Waals surface area contributed by atoms with Gasteiger partial charge in [0, 0.05) is 12.5 Å². The summed E-state index contributed by atoms with van der Waals surface area (Å²) in [5.74, 6) is -11.4. The van der Waals surface area contributed by atoms with Crippen molar-refractivity contribution in [2.24, 2.45) is 11.8 Å². The fraction of sp³-hybridized carbons (Fsp3) is 0.576. The van der Waals surface area contributed by atoms with Gasteiger partial charge in [-0.2, -0.15) is 0 Å². The van der Waals surface area contributed by atoms with Crippen LogP contribution in [0.1, 0.15) is 58.9 Å². The molecule has 1 aromatic rings. The van der Waals surface area contributed by atoms with Crippen molar-refractivity contribution < 1.29 is 69.1 Å². The number of benzene rings is 1. The Labute approximate surface area is 271 Å². The highest BCUT2D eigenvalue weighted by molar-refractivity contribution is 5.98. The summed E-state index contributed by atoms with van der Waals surface area (Å²) in [7, 11) is 0. The van der Waals surface area contributed by atoms with Crippen LogP contribution in [0.4, 0.5) is 0 Å². The molecular weight excluding hydrogens is 620 g/mol. The minimum absolute atomic E-state index is 0.175. The zero-order valence-electron chi connectivity index (χ0n) is 26.7. The van der Waals surface area contributed by atoms with E-state index in [-0.39, 0.29) is 24.3 Å². The molecule has 2 heterocycles. The standard InChI is InChI=1S/C33H44O14/c1-6-30(5,43)17-18(2)12-13-22(34)45-25-24(36)31(15-14-19(3)23(35)20(4)16-21-10-8-7-9-11-21)46-26(27(37)38)32(44,28(39)40)33(25,47-31)29(41)42/h7-13,18,20,23-26,35-36,43-44H,3,6,14-17H2,1-2,4-5H3,(H,37,38)(H,39,40)(H,41,42). The molecule has 10 unspecified atom stereocenters. The van der Waals surface area contributed by atoms with E-state index in [0.29, 0.717) is 12.8 Å². The summed E-state index contributed by atoms with van der Waals surface area (Å²) < 4.78 is 16.3. The van der Waals surface area contributed by atoms with Gasteiger partial charge in [0.1, 0.15) is 6.10 Å². The monoisotopic (exact) mass is 664 g/mol. The first-order valence-electron chi connectivity index (χ1n) is 15.3. The van der Waals surface area contributed by atoms with Crippen molar-refractivity contribution in [1.29, 1.82) is 0 Å². The number of ether oxygens (including phenoxy) is 3. The van der Waals surface area contributed by atoms with Crippen LogP contribution in [0, 0.1) is 11.8 Å². The molecule has 0 amide bonds. The molecule has 7 N–H and O–H groups in total. The van der Waals surface area contributed by atoms with Crippen molar-refractivity contribution >= 4 is 23.9 Å². The number of hydrogen-bond donors (Lipinski definition) is 7. The van der Waals surface area contributed by atoms with Crippen LogP contribution in [0.2, 0.25) is 0 Å². The number of rotatable bonds is 16. The molecule has 0 saturated carbocycles. The highest BCUT2D eigenvalue weighted by atomic mass is 16.8. The lowest BCUT2D eigenvalue weighted by Crippen LogP contribution is -2.78. The Hall–Kier alpha value is -3.66. The molecule has 14 heteroatoms. The van der Waals surface area contributed by atoms with E-state index in [1.54, 1.807) is 27.7 Å². The van der Waals surface area contributed by atoms with Gasteiger partial charge in [0.05, 0.1) is 11.7 Å². The first-order chi connectivity index (χ1) is 21.8. The summed E-state index contributed by atoms with van der Waals surface area (Å²) in [5.41, 5.74) is -7.43. The molecule has 0 spiro atoms. The Kier molecular flexibility index (Phi) is 11.4. The van der Waals surface area contributed by atoms with Crippen molar-refractivity contribution in [2.75, 3.05) is 0 Å². The average Bonchev–Trinajstić information content (AvgIpc) is 3.22. The van der Waals surface area contributed by atoms with Crippen LogP contribution >= 0.6 is 0 Å². The normalized spacial score (nSPS) is 31.8. The molecule has 10 atom stereocenters. The van der Waals surface area contributed by atoms with Crippen LogP contribution in [0.5, 0.6) is 0 Å². The summed E-state index contributed by atoms with van der Waals surface area (Å²) in [6.07, 6.45) is -6.29. The quantitative estimate of drug-likeness (QED) is 0.0752. The predicted molar refractivity (Wildman–Crippen MR) is 163 cm³/mol. The second kappa shape index (κ2) is 14.2. The molecule has 0 aromatic heterocycles. The van der Waals surface area contributed by atoms with Crippen molar-refractivity contribution in [3.63, 3.8) is 0 Å². The summed E-state index contributed by atoms with van der Waals surface area (Å²) in [4.78, 5) is 50.5. The number of allylic oxidation sites excluding steroid dienone is 1. The topological polar surface area (TPSA) is 238 Å². The second-order valence-electron chi connectivity index (χ2n) is 12.8. The van der Waals surface area contributed by atoms with E-state index < -0.39 is 83.2 Å². The smallest absolute Gasteiger partial charge is 0.344 e. The summed E-state index contributed by atoms with van der Waals surface area (Å²) in [6.45, 7) is 10.7. The number of hydrogen-bond acceptors (Lipinski definition) is 11. The molecule has 2 saturated heterocycles. The van der Waals surface area contributed by atoms with E-state index >= 15 is 0 Å². The Morgan fingerprint density at radius 1 is 1.11 bits per heavy atom. The number of aliphatic carboxylic acids is 3. The van der Waals surface area contributed by atoms with Gasteiger partial charge in [-0.05, 0) is 55.6 Å². The van der Waals surface area contributed by atoms with Gasteiger partial charge in [0.15, 0.2) is 6.10 Å². The van der Waals surface area contributed by atoms with Crippen molar-refractivity contribution in [2.45, 2.75) is 107 Å². The fourth-order valence-corrected chi connectivity index (χ4v) is 6.24. The maximum Gasteiger partial charge on any atom is 0.344 e. The predicted octanol–water partition coefficient (Wildman–Crippen LogP) is 1.43. The third-order valence-corrected chi connectivity index (χ3v) is 9.08. The molecule has 47 heavy (non-hydrogen) atoms. The number of carboxylic acids is 3. The number of esters is 1.